The van der Waals surface area contributed by atoms with Gasteiger partial charge >= 0.3 is 5.97 Å². The molecule has 18 heavy (non-hydrogen) atoms. The molecule has 100 valence electrons. The molecule has 4 nitrogen and oxygen atoms in total. The van der Waals surface area contributed by atoms with Crippen LogP contribution in [0.4, 0.5) is 4.39 Å². The second-order valence-electron chi connectivity index (χ2n) is 3.83. The van der Waals surface area contributed by atoms with E-state index in [0.717, 1.165) is 6.54 Å². The maximum atomic E-state index is 13.2. The Morgan fingerprint density at radius 1 is 1.50 bits per heavy atom. The second kappa shape index (κ2) is 6.96. The molecule has 1 aromatic carbocycles. The van der Waals surface area contributed by atoms with Crippen LogP contribution in [0.3, 0.4) is 0 Å². The molecule has 5 heteroatoms. The van der Waals surface area contributed by atoms with Crippen molar-refractivity contribution in [1.29, 1.82) is 0 Å². The van der Waals surface area contributed by atoms with E-state index in [9.17, 15) is 9.18 Å². The molecule has 0 spiro atoms. The summed E-state index contributed by atoms with van der Waals surface area (Å²) in [7, 11) is 1.29. The van der Waals surface area contributed by atoms with Gasteiger partial charge in [0.2, 0.25) is 0 Å². The van der Waals surface area contributed by atoms with Crippen LogP contribution in [0.15, 0.2) is 18.2 Å². The Kier molecular flexibility index (Phi) is 5.58. The van der Waals surface area contributed by atoms with Crippen molar-refractivity contribution in [3.63, 3.8) is 0 Å². The molecule has 0 saturated heterocycles. The maximum Gasteiger partial charge on any atom is 0.343 e. The lowest BCUT2D eigenvalue weighted by atomic mass is 10.1. The quantitative estimate of drug-likeness (QED) is 0.790. The zero-order valence-corrected chi connectivity index (χ0v) is 10.8. The van der Waals surface area contributed by atoms with E-state index in [2.05, 4.69) is 10.1 Å². The van der Waals surface area contributed by atoms with Gasteiger partial charge in [-0.3, -0.25) is 0 Å². The van der Waals surface area contributed by atoms with Crippen LogP contribution in [0.1, 0.15) is 25.5 Å². The number of esters is 1. The molecule has 0 aromatic heterocycles. The molecule has 1 unspecified atom stereocenters. The summed E-state index contributed by atoms with van der Waals surface area (Å²) >= 11 is 0. The predicted molar refractivity (Wildman–Crippen MR) is 66.0 cm³/mol. The van der Waals surface area contributed by atoms with Crippen LogP contribution in [0, 0.1) is 5.82 Å². The first kappa shape index (κ1) is 14.4. The highest BCUT2D eigenvalue weighted by molar-refractivity contribution is 5.70. The van der Waals surface area contributed by atoms with Crippen molar-refractivity contribution >= 4 is 5.97 Å². The summed E-state index contributed by atoms with van der Waals surface area (Å²) in [6.45, 7) is 4.44. The molecule has 0 heterocycles. The van der Waals surface area contributed by atoms with E-state index in [1.165, 1.54) is 25.3 Å². The van der Waals surface area contributed by atoms with Gasteiger partial charge in [0, 0.05) is 11.6 Å². The molecule has 0 saturated carbocycles. The van der Waals surface area contributed by atoms with E-state index in [-0.39, 0.29) is 18.5 Å². The Hall–Kier alpha value is -1.62. The highest BCUT2D eigenvalue weighted by Gasteiger charge is 2.13. The van der Waals surface area contributed by atoms with Crippen LogP contribution in [0.25, 0.3) is 0 Å². The van der Waals surface area contributed by atoms with Gasteiger partial charge in [-0.15, -0.1) is 0 Å². The number of methoxy groups -OCH3 is 1. The average molecular weight is 255 g/mol. The summed E-state index contributed by atoms with van der Waals surface area (Å²) in [5, 5.41) is 3.17. The zero-order chi connectivity index (χ0) is 13.5. The van der Waals surface area contributed by atoms with Crippen molar-refractivity contribution in [3.05, 3.63) is 29.6 Å². The van der Waals surface area contributed by atoms with Gasteiger partial charge in [0.1, 0.15) is 11.6 Å². The fraction of sp³-hybridized carbons (Fsp3) is 0.462. The van der Waals surface area contributed by atoms with Crippen LogP contribution in [0.2, 0.25) is 0 Å². The van der Waals surface area contributed by atoms with Crippen LogP contribution in [0.5, 0.6) is 5.75 Å². The van der Waals surface area contributed by atoms with Gasteiger partial charge in [-0.1, -0.05) is 6.92 Å². The molecule has 1 aromatic rings. The third-order valence-electron chi connectivity index (χ3n) is 2.52. The standard InChI is InChI=1S/C13H18FNO3/c1-4-15-9(2)11-7-10(14)5-6-12(11)18-8-13(16)17-3/h5-7,9,15H,4,8H2,1-3H3. The predicted octanol–water partition coefficient (Wildman–Crippen LogP) is 2.05. The summed E-state index contributed by atoms with van der Waals surface area (Å²) in [6, 6.07) is 4.16. The number of hydrogen-bond donors (Lipinski definition) is 1. The number of rotatable bonds is 6. The normalized spacial score (nSPS) is 12.0. The lowest BCUT2D eigenvalue weighted by Gasteiger charge is -2.17. The summed E-state index contributed by atoms with van der Waals surface area (Å²) in [5.41, 5.74) is 0.681. The van der Waals surface area contributed by atoms with Gasteiger partial charge in [-0.05, 0) is 31.7 Å². The van der Waals surface area contributed by atoms with Crippen molar-refractivity contribution in [3.8, 4) is 5.75 Å². The largest absolute Gasteiger partial charge is 0.482 e. The molecule has 1 atom stereocenters. The maximum absolute atomic E-state index is 13.2. The number of hydrogen-bond acceptors (Lipinski definition) is 4. The Labute approximate surface area is 106 Å². The zero-order valence-electron chi connectivity index (χ0n) is 10.8. The molecular formula is C13H18FNO3. The third kappa shape index (κ3) is 4.00. The number of halogens is 1. The minimum atomic E-state index is -0.471. The molecule has 0 fully saturated rings. The fourth-order valence-corrected chi connectivity index (χ4v) is 1.60. The van der Waals surface area contributed by atoms with E-state index in [0.29, 0.717) is 11.3 Å². The van der Waals surface area contributed by atoms with Crippen LogP contribution < -0.4 is 10.1 Å². The second-order valence-corrected chi connectivity index (χ2v) is 3.83. The molecule has 0 bridgehead atoms. The molecule has 0 aliphatic carbocycles. The molecule has 0 amide bonds. The van der Waals surface area contributed by atoms with Crippen molar-refractivity contribution in [2.75, 3.05) is 20.3 Å². The van der Waals surface area contributed by atoms with Crippen molar-refractivity contribution in [1.82, 2.24) is 5.32 Å². The number of carbonyl (C=O) groups excluding carboxylic acids is 1. The van der Waals surface area contributed by atoms with Crippen LogP contribution >= 0.6 is 0 Å². The summed E-state index contributed by atoms with van der Waals surface area (Å²) in [5.74, 6) is -0.322. The first-order chi connectivity index (χ1) is 8.58. The molecular weight excluding hydrogens is 237 g/mol. The summed E-state index contributed by atoms with van der Waals surface area (Å²) in [4.78, 5) is 11.0. The molecule has 0 aliphatic heterocycles. The van der Waals surface area contributed by atoms with Gasteiger partial charge in [-0.2, -0.15) is 0 Å². The summed E-state index contributed by atoms with van der Waals surface area (Å²) in [6.07, 6.45) is 0. The lowest BCUT2D eigenvalue weighted by molar-refractivity contribution is -0.142. The van der Waals surface area contributed by atoms with E-state index >= 15 is 0 Å². The molecule has 1 rings (SSSR count). The van der Waals surface area contributed by atoms with Gasteiger partial charge < -0.3 is 14.8 Å². The topological polar surface area (TPSA) is 47.6 Å². The average Bonchev–Trinajstić information content (AvgIpc) is 2.37. The number of carbonyl (C=O) groups is 1. The molecule has 0 radical (unpaired) electrons. The van der Waals surface area contributed by atoms with E-state index in [1.54, 1.807) is 0 Å². The first-order valence-corrected chi connectivity index (χ1v) is 5.81. The Morgan fingerprint density at radius 2 is 2.22 bits per heavy atom. The SMILES string of the molecule is CCNC(C)c1cc(F)ccc1OCC(=O)OC. The lowest BCUT2D eigenvalue weighted by Crippen LogP contribution is -2.20. The van der Waals surface area contributed by atoms with Gasteiger partial charge in [-0.25, -0.2) is 9.18 Å². The highest BCUT2D eigenvalue weighted by Crippen LogP contribution is 2.26. The number of nitrogens with one attached hydrogen (secondary N) is 1. The Morgan fingerprint density at radius 3 is 2.83 bits per heavy atom. The summed E-state index contributed by atoms with van der Waals surface area (Å²) < 4.78 is 23.1. The first-order valence-electron chi connectivity index (χ1n) is 5.81. The van der Waals surface area contributed by atoms with E-state index in [4.69, 9.17) is 4.74 Å². The monoisotopic (exact) mass is 255 g/mol. The van der Waals surface area contributed by atoms with Crippen LogP contribution in [-0.2, 0) is 9.53 Å². The molecule has 1 N–H and O–H groups in total. The third-order valence-corrected chi connectivity index (χ3v) is 2.52. The van der Waals surface area contributed by atoms with Gasteiger partial charge in [0.25, 0.3) is 0 Å². The van der Waals surface area contributed by atoms with Crippen molar-refractivity contribution in [2.24, 2.45) is 0 Å². The van der Waals surface area contributed by atoms with Gasteiger partial charge in [0.15, 0.2) is 6.61 Å². The number of ether oxygens (including phenoxy) is 2. The van der Waals surface area contributed by atoms with Crippen molar-refractivity contribution in [2.45, 2.75) is 19.9 Å². The highest BCUT2D eigenvalue weighted by atomic mass is 19.1. The van der Waals surface area contributed by atoms with Crippen LogP contribution in [-0.4, -0.2) is 26.2 Å². The number of benzene rings is 1. The minimum Gasteiger partial charge on any atom is -0.482 e. The van der Waals surface area contributed by atoms with Gasteiger partial charge in [0.05, 0.1) is 7.11 Å². The molecule has 0 aliphatic rings. The van der Waals surface area contributed by atoms with E-state index in [1.807, 2.05) is 13.8 Å². The van der Waals surface area contributed by atoms with E-state index < -0.39 is 5.97 Å². The Bertz CT molecular complexity index is 409. The Balaban J connectivity index is 2.85. The fourth-order valence-electron chi connectivity index (χ4n) is 1.60. The minimum absolute atomic E-state index is 0.0571. The van der Waals surface area contributed by atoms with Crippen molar-refractivity contribution < 1.29 is 18.7 Å². The smallest absolute Gasteiger partial charge is 0.343 e.